The number of Topliss-reactive ketones (excluding diaryl/α,β-unsaturated/α-hetero) is 1. The van der Waals surface area contributed by atoms with Gasteiger partial charge in [0.2, 0.25) is 15.9 Å². The van der Waals surface area contributed by atoms with Crippen molar-refractivity contribution in [3.8, 4) is 0 Å². The first-order valence-electron chi connectivity index (χ1n) is 11.5. The molecule has 3 unspecified atom stereocenters. The largest absolute Gasteiger partial charge is 0.480 e. The summed E-state index contributed by atoms with van der Waals surface area (Å²) in [4.78, 5) is 49.5. The Morgan fingerprint density at radius 3 is 2.22 bits per heavy atom. The van der Waals surface area contributed by atoms with Crippen molar-refractivity contribution >= 4 is 43.5 Å². The molecule has 0 radical (unpaired) electrons. The van der Waals surface area contributed by atoms with Crippen LogP contribution >= 0.6 is 0 Å². The molecule has 1 amide bonds. The second-order valence-electron chi connectivity index (χ2n) is 11.3. The van der Waals surface area contributed by atoms with E-state index < -0.39 is 84.0 Å². The van der Waals surface area contributed by atoms with E-state index in [0.717, 1.165) is 7.05 Å². The van der Waals surface area contributed by atoms with Crippen LogP contribution in [-0.2, 0) is 43.8 Å². The first kappa shape index (κ1) is 30.2. The molecule has 0 heterocycles. The number of carboxylic acid groups (broad SMARTS) is 1. The van der Waals surface area contributed by atoms with Gasteiger partial charge in [0.15, 0.2) is 9.84 Å². The molecule has 206 valence electrons. The monoisotopic (exact) mass is 552 g/mol. The van der Waals surface area contributed by atoms with Crippen LogP contribution in [0.25, 0.3) is 0 Å². The van der Waals surface area contributed by atoms with Gasteiger partial charge < -0.3 is 14.7 Å². The summed E-state index contributed by atoms with van der Waals surface area (Å²) < 4.78 is 59.0. The van der Waals surface area contributed by atoms with Gasteiger partial charge in [-0.25, -0.2) is 21.6 Å². The Balaban J connectivity index is 2.31. The number of fused-ring (bicyclic) bond motifs is 2. The number of aliphatic carboxylic acids is 1. The van der Waals surface area contributed by atoms with Crippen LogP contribution in [0.4, 0.5) is 0 Å². The lowest BCUT2D eigenvalue weighted by molar-refractivity contribution is -0.151. The molecule has 0 aromatic carbocycles. The number of carboxylic acids is 1. The van der Waals surface area contributed by atoms with Gasteiger partial charge in [-0.05, 0) is 44.9 Å². The fraction of sp³-hybridized carbons (Fsp3) is 0.818. The SMILES string of the molecule is CN(CC(=O)O)C(=O)C(CS(=O)(=O)CC(=O)OC(C)(C)C)NS(=O)(=O)CC12CCC(CC1=O)C2(C)C. The van der Waals surface area contributed by atoms with Crippen LogP contribution in [0, 0.1) is 16.7 Å². The Morgan fingerprint density at radius 2 is 1.78 bits per heavy atom. The molecular weight excluding hydrogens is 516 g/mol. The van der Waals surface area contributed by atoms with Crippen LogP contribution in [0.15, 0.2) is 0 Å². The molecule has 2 bridgehead atoms. The third-order valence-corrected chi connectivity index (χ3v) is 10.2. The third kappa shape index (κ3) is 6.82. The van der Waals surface area contributed by atoms with E-state index in [1.54, 1.807) is 0 Å². The number of sulfone groups is 1. The van der Waals surface area contributed by atoms with Crippen molar-refractivity contribution in [1.29, 1.82) is 0 Å². The molecule has 2 aliphatic carbocycles. The van der Waals surface area contributed by atoms with Crippen molar-refractivity contribution in [3.63, 3.8) is 0 Å². The second-order valence-corrected chi connectivity index (χ2v) is 15.2. The maximum atomic E-state index is 13.2. The Bertz CT molecular complexity index is 1140. The fourth-order valence-corrected chi connectivity index (χ4v) is 8.66. The van der Waals surface area contributed by atoms with Gasteiger partial charge in [0.1, 0.15) is 29.7 Å². The van der Waals surface area contributed by atoms with Gasteiger partial charge in [0.05, 0.1) is 11.5 Å². The number of amides is 1. The third-order valence-electron chi connectivity index (χ3n) is 7.12. The van der Waals surface area contributed by atoms with Crippen LogP contribution < -0.4 is 4.72 Å². The van der Waals surface area contributed by atoms with E-state index in [1.807, 2.05) is 13.8 Å². The Labute approximate surface area is 212 Å². The summed E-state index contributed by atoms with van der Waals surface area (Å²) in [5.41, 5.74) is -2.73. The van der Waals surface area contributed by atoms with E-state index in [0.29, 0.717) is 17.7 Å². The highest BCUT2D eigenvalue weighted by Crippen LogP contribution is 2.64. The summed E-state index contributed by atoms with van der Waals surface area (Å²) in [5, 5.41) is 9.00. The minimum Gasteiger partial charge on any atom is -0.480 e. The van der Waals surface area contributed by atoms with E-state index in [4.69, 9.17) is 9.84 Å². The molecule has 3 atom stereocenters. The standard InChI is InChI=1S/C22H36N2O10S2/c1-20(2,3)34-18(28)12-35(30,31)11-15(19(29)24(6)10-17(26)27)23-36(32,33)13-22-8-7-14(9-16(22)25)21(22,4)5/h14-15,23H,7-13H2,1-6H3,(H,26,27). The lowest BCUT2D eigenvalue weighted by Crippen LogP contribution is -2.54. The number of rotatable bonds is 11. The van der Waals surface area contributed by atoms with Crippen molar-refractivity contribution in [1.82, 2.24) is 9.62 Å². The Kier molecular flexibility index (Phi) is 8.39. The average molecular weight is 553 g/mol. The number of nitrogens with one attached hydrogen (secondary N) is 1. The maximum Gasteiger partial charge on any atom is 0.323 e. The number of hydrogen-bond donors (Lipinski definition) is 2. The number of nitrogens with zero attached hydrogens (tertiary/aromatic N) is 1. The molecule has 0 saturated heterocycles. The summed E-state index contributed by atoms with van der Waals surface area (Å²) in [6.07, 6.45) is 1.30. The van der Waals surface area contributed by atoms with Crippen LogP contribution in [0.5, 0.6) is 0 Å². The van der Waals surface area contributed by atoms with Gasteiger partial charge in [0, 0.05) is 18.9 Å². The van der Waals surface area contributed by atoms with Gasteiger partial charge in [-0.15, -0.1) is 0 Å². The summed E-state index contributed by atoms with van der Waals surface area (Å²) >= 11 is 0. The van der Waals surface area contributed by atoms with Crippen molar-refractivity contribution < 1.29 is 45.9 Å². The summed E-state index contributed by atoms with van der Waals surface area (Å²) in [6.45, 7) is 7.48. The van der Waals surface area contributed by atoms with Crippen LogP contribution in [-0.4, -0.2) is 93.0 Å². The first-order chi connectivity index (χ1) is 16.1. The minimum atomic E-state index is -4.40. The van der Waals surface area contributed by atoms with Crippen LogP contribution in [0.3, 0.4) is 0 Å². The van der Waals surface area contributed by atoms with Crippen molar-refractivity contribution in [2.45, 2.75) is 65.5 Å². The highest BCUT2D eigenvalue weighted by atomic mass is 32.2. The average Bonchev–Trinajstić information content (AvgIpc) is 2.97. The first-order valence-corrected chi connectivity index (χ1v) is 15.0. The van der Waals surface area contributed by atoms with E-state index in [1.165, 1.54) is 20.8 Å². The van der Waals surface area contributed by atoms with Crippen molar-refractivity contribution in [2.24, 2.45) is 16.7 Å². The number of ketones is 1. The number of ether oxygens (including phenoxy) is 1. The lowest BCUT2D eigenvalue weighted by atomic mass is 9.70. The number of hydrogen-bond acceptors (Lipinski definition) is 9. The smallest absolute Gasteiger partial charge is 0.323 e. The number of likely N-dealkylation sites (N-methyl/N-ethyl adjacent to an activating group) is 1. The summed E-state index contributed by atoms with van der Waals surface area (Å²) in [6, 6.07) is -1.90. The highest BCUT2D eigenvalue weighted by molar-refractivity contribution is 7.92. The summed E-state index contributed by atoms with van der Waals surface area (Å²) in [7, 11) is -7.68. The second kappa shape index (κ2) is 10.0. The van der Waals surface area contributed by atoms with Gasteiger partial charge >= 0.3 is 11.9 Å². The Morgan fingerprint density at radius 1 is 1.19 bits per heavy atom. The number of esters is 1. The topological polar surface area (TPSA) is 181 Å². The lowest BCUT2D eigenvalue weighted by Gasteiger charge is -2.36. The molecule has 2 fully saturated rings. The molecule has 0 aliphatic heterocycles. The van der Waals surface area contributed by atoms with Crippen LogP contribution in [0.2, 0.25) is 0 Å². The van der Waals surface area contributed by atoms with E-state index in [-0.39, 0.29) is 18.1 Å². The molecule has 0 aromatic rings. The zero-order chi connectivity index (χ0) is 27.9. The number of carbonyl (C=O) groups excluding carboxylic acids is 3. The zero-order valence-electron chi connectivity index (χ0n) is 21.5. The normalized spacial score (nSPS) is 24.4. The molecule has 2 N–H and O–H groups in total. The van der Waals surface area contributed by atoms with Gasteiger partial charge in [-0.2, -0.15) is 0 Å². The fourth-order valence-electron chi connectivity index (χ4n) is 5.26. The molecule has 2 aliphatic rings. The molecule has 0 spiro atoms. The van der Waals surface area contributed by atoms with Gasteiger partial charge in [-0.1, -0.05) is 13.8 Å². The van der Waals surface area contributed by atoms with Crippen molar-refractivity contribution in [3.05, 3.63) is 0 Å². The minimum absolute atomic E-state index is 0.0357. The summed E-state index contributed by atoms with van der Waals surface area (Å²) in [5.74, 6) is -6.54. The van der Waals surface area contributed by atoms with Crippen LogP contribution in [0.1, 0.15) is 53.9 Å². The molecule has 2 rings (SSSR count). The molecule has 12 nitrogen and oxygen atoms in total. The molecule has 14 heteroatoms. The predicted octanol–water partition coefficient (Wildman–Crippen LogP) is -0.0307. The maximum absolute atomic E-state index is 13.2. The van der Waals surface area contributed by atoms with Gasteiger partial charge in [0.25, 0.3) is 0 Å². The molecule has 2 saturated carbocycles. The molecular formula is C22H36N2O10S2. The zero-order valence-corrected chi connectivity index (χ0v) is 23.1. The van der Waals surface area contributed by atoms with E-state index in [2.05, 4.69) is 4.72 Å². The number of carbonyl (C=O) groups is 4. The van der Waals surface area contributed by atoms with Gasteiger partial charge in [-0.3, -0.25) is 19.2 Å². The number of sulfonamides is 1. The Hall–Kier alpha value is -2.06. The van der Waals surface area contributed by atoms with Crippen molar-refractivity contribution in [2.75, 3.05) is 30.9 Å². The van der Waals surface area contributed by atoms with E-state index >= 15 is 0 Å². The molecule has 0 aromatic heterocycles. The predicted molar refractivity (Wildman–Crippen MR) is 129 cm³/mol. The van der Waals surface area contributed by atoms with E-state index in [9.17, 15) is 36.0 Å². The quantitative estimate of drug-likeness (QED) is 0.330. The molecule has 36 heavy (non-hydrogen) atoms. The highest BCUT2D eigenvalue weighted by Gasteiger charge is 2.65.